The van der Waals surface area contributed by atoms with E-state index in [1.54, 1.807) is 0 Å². The van der Waals surface area contributed by atoms with Crippen LogP contribution in [0.4, 0.5) is 26.3 Å². The zero-order valence-corrected chi connectivity index (χ0v) is 19.5. The van der Waals surface area contributed by atoms with E-state index in [4.69, 9.17) is 9.47 Å². The number of rotatable bonds is 7. The lowest BCUT2D eigenvalue weighted by molar-refractivity contribution is -0.187. The molecule has 4 nitrogen and oxygen atoms in total. The number of ether oxygens (including phenoxy) is 2. The van der Waals surface area contributed by atoms with Gasteiger partial charge in [-0.15, -0.1) is 0 Å². The number of nitrogens with zero attached hydrogens (tertiary/aromatic N) is 1. The Bertz CT molecular complexity index is 1110. The summed E-state index contributed by atoms with van der Waals surface area (Å²) in [6.07, 6.45) is -7.38. The molecule has 2 aromatic carbocycles. The van der Waals surface area contributed by atoms with Gasteiger partial charge in [-0.25, -0.2) is 4.98 Å². The molecular weight excluding hydrogens is 486 g/mol. The van der Waals surface area contributed by atoms with Crippen LogP contribution in [0.1, 0.15) is 46.1 Å². The van der Waals surface area contributed by atoms with E-state index in [1.165, 1.54) is 0 Å². The maximum atomic E-state index is 13.2. The summed E-state index contributed by atoms with van der Waals surface area (Å²) >= 11 is 0. The van der Waals surface area contributed by atoms with Gasteiger partial charge in [-0.1, -0.05) is 30.3 Å². The summed E-state index contributed by atoms with van der Waals surface area (Å²) in [6, 6.07) is 11.2. The van der Waals surface area contributed by atoms with Crippen molar-refractivity contribution in [3.63, 3.8) is 0 Å². The second-order valence-electron chi connectivity index (χ2n) is 8.95. The first-order chi connectivity index (χ1) is 17.0. The van der Waals surface area contributed by atoms with E-state index in [2.05, 4.69) is 9.97 Å². The Morgan fingerprint density at radius 2 is 1.67 bits per heavy atom. The van der Waals surface area contributed by atoms with Crippen LogP contribution in [-0.4, -0.2) is 29.5 Å². The van der Waals surface area contributed by atoms with Crippen LogP contribution in [0.15, 0.2) is 54.7 Å². The third kappa shape index (κ3) is 6.47. The number of aryl methyl sites for hydroxylation is 1. The van der Waals surface area contributed by atoms with Crippen molar-refractivity contribution in [3.05, 3.63) is 88.5 Å². The smallest absolute Gasteiger partial charge is 0.352 e. The Morgan fingerprint density at radius 3 is 2.25 bits per heavy atom. The molecule has 2 unspecified atom stereocenters. The maximum absolute atomic E-state index is 13.2. The van der Waals surface area contributed by atoms with E-state index >= 15 is 0 Å². The lowest BCUT2D eigenvalue weighted by Gasteiger charge is -2.38. The predicted octanol–water partition coefficient (Wildman–Crippen LogP) is 6.70. The minimum absolute atomic E-state index is 0.0980. The maximum Gasteiger partial charge on any atom is 0.416 e. The van der Waals surface area contributed by atoms with Gasteiger partial charge >= 0.3 is 12.4 Å². The van der Waals surface area contributed by atoms with Gasteiger partial charge in [-0.3, -0.25) is 0 Å². The van der Waals surface area contributed by atoms with Crippen LogP contribution >= 0.6 is 0 Å². The lowest BCUT2D eigenvalue weighted by atomic mass is 9.79. The highest BCUT2D eigenvalue weighted by atomic mass is 19.4. The highest BCUT2D eigenvalue weighted by molar-refractivity contribution is 5.33. The van der Waals surface area contributed by atoms with E-state index in [0.717, 1.165) is 35.6 Å². The Balaban J connectivity index is 1.51. The Morgan fingerprint density at radius 1 is 1.00 bits per heavy atom. The molecule has 0 bridgehead atoms. The molecule has 1 aliphatic rings. The molecule has 1 saturated heterocycles. The number of hydrogen-bond donors (Lipinski definition) is 1. The quantitative estimate of drug-likeness (QED) is 0.358. The third-order valence-corrected chi connectivity index (χ3v) is 6.29. The predicted molar refractivity (Wildman–Crippen MR) is 120 cm³/mol. The van der Waals surface area contributed by atoms with Gasteiger partial charge in [0.2, 0.25) is 0 Å². The fourth-order valence-corrected chi connectivity index (χ4v) is 4.60. The summed E-state index contributed by atoms with van der Waals surface area (Å²) in [4.78, 5) is 7.66. The van der Waals surface area contributed by atoms with E-state index in [1.807, 2.05) is 43.5 Å². The molecule has 0 spiro atoms. The van der Waals surface area contributed by atoms with Gasteiger partial charge in [0.05, 0.1) is 30.0 Å². The monoisotopic (exact) mass is 512 g/mol. The number of halogens is 6. The molecule has 1 fully saturated rings. The molecule has 0 amide bonds. The van der Waals surface area contributed by atoms with Crippen LogP contribution in [0.5, 0.6) is 0 Å². The van der Waals surface area contributed by atoms with E-state index in [9.17, 15) is 26.3 Å². The lowest BCUT2D eigenvalue weighted by Crippen LogP contribution is -2.38. The first kappa shape index (κ1) is 26.2. The Labute approximate surface area is 204 Å². The molecular formula is C26H26F6N2O2. The van der Waals surface area contributed by atoms with Crippen molar-refractivity contribution in [3.8, 4) is 0 Å². The number of imidazole rings is 1. The summed E-state index contributed by atoms with van der Waals surface area (Å²) in [7, 11) is 0. The van der Waals surface area contributed by atoms with Gasteiger partial charge < -0.3 is 14.5 Å². The summed E-state index contributed by atoms with van der Waals surface area (Å²) in [5.74, 6) is 0.766. The van der Waals surface area contributed by atoms with Crippen LogP contribution in [-0.2, 0) is 34.7 Å². The number of alkyl halides is 6. The van der Waals surface area contributed by atoms with E-state index in [-0.39, 0.29) is 36.5 Å². The van der Waals surface area contributed by atoms with Crippen molar-refractivity contribution in [2.75, 3.05) is 13.2 Å². The van der Waals surface area contributed by atoms with Crippen LogP contribution in [0.2, 0.25) is 0 Å². The van der Waals surface area contributed by atoms with Crippen molar-refractivity contribution in [1.82, 2.24) is 9.97 Å². The second-order valence-corrected chi connectivity index (χ2v) is 8.95. The van der Waals surface area contributed by atoms with Gasteiger partial charge in [-0.05, 0) is 55.0 Å². The van der Waals surface area contributed by atoms with Crippen molar-refractivity contribution >= 4 is 0 Å². The molecule has 0 saturated carbocycles. The van der Waals surface area contributed by atoms with Gasteiger partial charge in [0.1, 0.15) is 5.82 Å². The summed E-state index contributed by atoms with van der Waals surface area (Å²) in [6.45, 7) is 2.21. The number of hydrogen-bond acceptors (Lipinski definition) is 3. The molecule has 0 radical (unpaired) electrons. The van der Waals surface area contributed by atoms with E-state index in [0.29, 0.717) is 13.0 Å². The zero-order valence-electron chi connectivity index (χ0n) is 19.5. The summed E-state index contributed by atoms with van der Waals surface area (Å²) in [5.41, 5.74) is -0.921. The molecule has 0 aliphatic carbocycles. The minimum Gasteiger partial charge on any atom is -0.352 e. The Kier molecular flexibility index (Phi) is 7.75. The standard InChI is InChI=1S/C26H26F6N2O2/c1-16-15-33-22(34-16)13-19-8-10-36-24(23(19)18-5-3-2-4-6-18)35-9-7-17-11-20(25(27,28)29)14-21(12-17)26(30,31)32/h2-6,11-12,14-15,19,23-24H,7-10,13H2,1H3,(H,33,34)/t19?,23?,24-/m0/s1. The fraction of sp³-hybridized carbons (Fsp3) is 0.423. The molecule has 1 N–H and O–H groups in total. The topological polar surface area (TPSA) is 47.1 Å². The molecule has 2 heterocycles. The van der Waals surface area contributed by atoms with Crippen molar-refractivity contribution in [1.29, 1.82) is 0 Å². The molecule has 1 aromatic heterocycles. The molecule has 1 aliphatic heterocycles. The molecule has 4 rings (SSSR count). The first-order valence-corrected chi connectivity index (χ1v) is 11.6. The van der Waals surface area contributed by atoms with Gasteiger partial charge in [0.25, 0.3) is 0 Å². The highest BCUT2D eigenvalue weighted by Crippen LogP contribution is 2.39. The van der Waals surface area contributed by atoms with Crippen LogP contribution in [0.25, 0.3) is 0 Å². The average molecular weight is 512 g/mol. The van der Waals surface area contributed by atoms with Gasteiger partial charge in [-0.2, -0.15) is 26.3 Å². The minimum atomic E-state index is -4.89. The molecule has 36 heavy (non-hydrogen) atoms. The SMILES string of the molecule is Cc1c[nH]c(CC2CCO[C@H](OCCc3cc(C(F)(F)F)cc(C(F)(F)F)c3)C2c2ccccc2)n1. The van der Waals surface area contributed by atoms with Crippen LogP contribution < -0.4 is 0 Å². The molecule has 3 aromatic rings. The van der Waals surface area contributed by atoms with Crippen molar-refractivity contribution < 1.29 is 35.8 Å². The fourth-order valence-electron chi connectivity index (χ4n) is 4.60. The van der Waals surface area contributed by atoms with E-state index < -0.39 is 29.8 Å². The van der Waals surface area contributed by atoms with Crippen LogP contribution in [0.3, 0.4) is 0 Å². The Hall–Kier alpha value is -2.85. The van der Waals surface area contributed by atoms with Crippen LogP contribution in [0, 0.1) is 12.8 Å². The molecule has 194 valence electrons. The number of benzene rings is 2. The summed E-state index contributed by atoms with van der Waals surface area (Å²) < 4.78 is 91.0. The second kappa shape index (κ2) is 10.6. The number of nitrogens with one attached hydrogen (secondary N) is 1. The van der Waals surface area contributed by atoms with Crippen molar-refractivity contribution in [2.24, 2.45) is 5.92 Å². The average Bonchev–Trinajstić information content (AvgIpc) is 3.23. The number of aromatic nitrogens is 2. The first-order valence-electron chi connectivity index (χ1n) is 11.6. The van der Waals surface area contributed by atoms with Gasteiger partial charge in [0, 0.05) is 18.5 Å². The molecule has 10 heteroatoms. The normalized spacial score (nSPS) is 21.0. The third-order valence-electron chi connectivity index (χ3n) is 6.29. The number of aromatic amines is 1. The highest BCUT2D eigenvalue weighted by Gasteiger charge is 2.38. The van der Waals surface area contributed by atoms with Gasteiger partial charge in [0.15, 0.2) is 6.29 Å². The largest absolute Gasteiger partial charge is 0.416 e. The molecule has 3 atom stereocenters. The zero-order chi connectivity index (χ0) is 25.9. The van der Waals surface area contributed by atoms with Crippen molar-refractivity contribution in [2.45, 2.75) is 50.7 Å². The summed E-state index contributed by atoms with van der Waals surface area (Å²) in [5, 5.41) is 0. The number of H-pyrrole nitrogens is 1.